The van der Waals surface area contributed by atoms with Crippen molar-refractivity contribution in [3.8, 4) is 22.8 Å². The van der Waals surface area contributed by atoms with Crippen LogP contribution in [0.1, 0.15) is 0 Å². The van der Waals surface area contributed by atoms with Gasteiger partial charge in [0.1, 0.15) is 11.0 Å². The molecule has 2 saturated heterocycles. The molecule has 4 N–H and O–H groups in total. The molecule has 10 rings (SSSR count). The van der Waals surface area contributed by atoms with E-state index in [1.54, 1.807) is 30.9 Å². The second-order valence-electron chi connectivity index (χ2n) is 13.8. The Balaban J connectivity index is 0.000000147. The Bertz CT molecular complexity index is 2750. The van der Waals surface area contributed by atoms with Crippen LogP contribution in [0.25, 0.3) is 33.8 Å². The first-order chi connectivity index (χ1) is 30.5. The Labute approximate surface area is 368 Å². The summed E-state index contributed by atoms with van der Waals surface area (Å²) >= 11 is 9.77. The van der Waals surface area contributed by atoms with Crippen LogP contribution in [-0.4, -0.2) is 102 Å². The van der Waals surface area contributed by atoms with Crippen LogP contribution in [0.4, 0.5) is 34.4 Å². The number of aliphatic imine (C=N–C) groups is 1. The number of nitrogen functional groups attached to an aromatic ring is 1. The summed E-state index contributed by atoms with van der Waals surface area (Å²) in [7, 11) is 0. The molecule has 8 heterocycles. The highest BCUT2D eigenvalue weighted by atomic mass is 32.1. The van der Waals surface area contributed by atoms with Gasteiger partial charge in [0.05, 0.1) is 55.4 Å². The Morgan fingerprint density at radius 2 is 1.15 bits per heavy atom. The van der Waals surface area contributed by atoms with Crippen LogP contribution in [0.5, 0.6) is 0 Å². The fraction of sp³-hybridized carbons (Fsp3) is 0.182. The molecule has 0 bridgehead atoms. The van der Waals surface area contributed by atoms with E-state index in [9.17, 15) is 0 Å². The van der Waals surface area contributed by atoms with E-state index < -0.39 is 0 Å². The van der Waals surface area contributed by atoms with Gasteiger partial charge in [0.25, 0.3) is 0 Å². The maximum atomic E-state index is 5.76. The van der Waals surface area contributed by atoms with Gasteiger partial charge in [-0.1, -0.05) is 0 Å². The average Bonchev–Trinajstić information content (AvgIpc) is 4.01. The molecule has 62 heavy (non-hydrogen) atoms. The number of fused-ring (bicyclic) bond motifs is 2. The number of nitrogens with zero attached hydrogens (tertiary/aromatic N) is 11. The SMILES string of the molecule is Nc1ccc(-c2nc(N3CCOCC3)c3cccn3n2)cc1.S=C(Nc1ccc(-c2nc(N3CCOCC3)c3cccn3n2)cc1)Nc1cccnc1.S=C=Nc1cccnc1. The molecule has 0 spiro atoms. The van der Waals surface area contributed by atoms with Crippen molar-refractivity contribution in [3.05, 3.63) is 134 Å². The quantitative estimate of drug-likeness (QED) is 0.0843. The van der Waals surface area contributed by atoms with Crippen LogP contribution in [0.3, 0.4) is 0 Å². The minimum absolute atomic E-state index is 0.500. The summed E-state index contributed by atoms with van der Waals surface area (Å²) in [5.41, 5.74) is 12.8. The summed E-state index contributed by atoms with van der Waals surface area (Å²) in [4.78, 5) is 25.8. The molecule has 0 saturated carbocycles. The van der Waals surface area contributed by atoms with Gasteiger partial charge in [0, 0.05) is 73.5 Å². The lowest BCUT2D eigenvalue weighted by Gasteiger charge is -2.28. The second-order valence-corrected chi connectivity index (χ2v) is 14.4. The lowest BCUT2D eigenvalue weighted by atomic mass is 10.2. The highest BCUT2D eigenvalue weighted by Crippen LogP contribution is 2.27. The summed E-state index contributed by atoms with van der Waals surface area (Å²) < 4.78 is 14.7. The van der Waals surface area contributed by atoms with Gasteiger partial charge >= 0.3 is 0 Å². The zero-order chi connectivity index (χ0) is 42.5. The predicted molar refractivity (Wildman–Crippen MR) is 250 cm³/mol. The fourth-order valence-electron chi connectivity index (χ4n) is 6.63. The third kappa shape index (κ3) is 10.6. The fourth-order valence-corrected chi connectivity index (χ4v) is 6.98. The number of nitrogens with one attached hydrogen (secondary N) is 2. The number of isothiocyanates is 1. The topological polar surface area (TPSA) is 174 Å². The number of pyridine rings is 2. The van der Waals surface area contributed by atoms with Crippen molar-refractivity contribution in [1.82, 2.24) is 39.2 Å². The van der Waals surface area contributed by atoms with E-state index in [-0.39, 0.29) is 0 Å². The smallest absolute Gasteiger partial charge is 0.182 e. The molecule has 0 amide bonds. The van der Waals surface area contributed by atoms with Crippen molar-refractivity contribution in [2.24, 2.45) is 4.99 Å². The molecule has 0 aliphatic carbocycles. The third-order valence-corrected chi connectivity index (χ3v) is 9.97. The highest BCUT2D eigenvalue weighted by Gasteiger charge is 2.20. The molecular weight excluding hydrogens is 821 g/mol. The number of ether oxygens (including phenoxy) is 2. The van der Waals surface area contributed by atoms with Gasteiger partial charge in [0.15, 0.2) is 28.4 Å². The molecule has 0 radical (unpaired) electrons. The number of benzene rings is 2. The molecule has 0 unspecified atom stereocenters. The van der Waals surface area contributed by atoms with E-state index in [1.807, 2.05) is 112 Å². The molecule has 312 valence electrons. The number of rotatable bonds is 7. The Morgan fingerprint density at radius 3 is 1.65 bits per heavy atom. The van der Waals surface area contributed by atoms with Gasteiger partial charge in [-0.3, -0.25) is 9.97 Å². The zero-order valence-electron chi connectivity index (χ0n) is 33.5. The number of aromatic nitrogens is 8. The maximum Gasteiger partial charge on any atom is 0.182 e. The van der Waals surface area contributed by atoms with Gasteiger partial charge in [-0.25, -0.2) is 19.0 Å². The maximum absolute atomic E-state index is 5.76. The van der Waals surface area contributed by atoms with Gasteiger partial charge in [0.2, 0.25) is 0 Å². The summed E-state index contributed by atoms with van der Waals surface area (Å²) in [6.45, 7) is 6.21. The first-order valence-electron chi connectivity index (χ1n) is 19.8. The third-order valence-electron chi connectivity index (χ3n) is 9.67. The van der Waals surface area contributed by atoms with E-state index in [0.717, 1.165) is 95.9 Å². The molecule has 2 aliphatic heterocycles. The number of hydrogen-bond donors (Lipinski definition) is 3. The molecule has 2 aromatic carbocycles. The van der Waals surface area contributed by atoms with Gasteiger partial charge in [-0.05, 0) is 121 Å². The van der Waals surface area contributed by atoms with Crippen molar-refractivity contribution < 1.29 is 9.47 Å². The van der Waals surface area contributed by atoms with E-state index in [4.69, 9.17) is 37.4 Å². The average molecular weight is 863 g/mol. The number of thiocarbonyl (C=S) groups is 2. The zero-order valence-corrected chi connectivity index (χ0v) is 35.1. The normalized spacial score (nSPS) is 13.5. The van der Waals surface area contributed by atoms with Crippen LogP contribution in [0.2, 0.25) is 0 Å². The van der Waals surface area contributed by atoms with Crippen molar-refractivity contribution in [3.63, 3.8) is 0 Å². The van der Waals surface area contributed by atoms with Crippen molar-refractivity contribution in [2.75, 3.05) is 78.8 Å². The molecular formula is C44H42N14O2S2. The first-order valence-corrected chi connectivity index (χ1v) is 20.6. The van der Waals surface area contributed by atoms with Gasteiger partial charge < -0.3 is 35.6 Å². The lowest BCUT2D eigenvalue weighted by molar-refractivity contribution is 0.122. The molecule has 2 fully saturated rings. The number of anilines is 5. The molecule has 0 atom stereocenters. The molecule has 8 aromatic rings. The van der Waals surface area contributed by atoms with Crippen LogP contribution in [-0.2, 0) is 9.47 Å². The minimum atomic E-state index is 0.500. The number of morpholine rings is 2. The second kappa shape index (κ2) is 20.4. The summed E-state index contributed by atoms with van der Waals surface area (Å²) in [5, 5.41) is 18.3. The van der Waals surface area contributed by atoms with E-state index in [2.05, 4.69) is 63.0 Å². The Hall–Kier alpha value is -7.21. The largest absolute Gasteiger partial charge is 0.399 e. The van der Waals surface area contributed by atoms with Crippen LogP contribution >= 0.6 is 24.4 Å². The van der Waals surface area contributed by atoms with Crippen molar-refractivity contribution in [2.45, 2.75) is 0 Å². The standard InChI is InChI=1S/C22H21N7OS.C16H17N5O.C6H4N2S/c31-22(25-18-3-1-9-23-15-18)24-17-7-5-16(6-8-17)20-26-21(28-11-13-30-14-12-28)19-4-2-10-29(19)27-20;17-13-5-3-12(4-6-13)15-18-16(20-8-10-22-11-9-20)14-2-1-7-21(14)19-15;9-5-8-6-2-1-3-7-4-6/h1-10,15H,11-14H2,(H2,24,25,31);1-7H,8-11,17H2;1-4H. The van der Waals surface area contributed by atoms with Gasteiger partial charge in [-0.15, -0.1) is 10.2 Å². The summed E-state index contributed by atoms with van der Waals surface area (Å²) in [5.74, 6) is 3.26. The molecule has 18 heteroatoms. The Kier molecular flexibility index (Phi) is 13.6. The predicted octanol–water partition coefficient (Wildman–Crippen LogP) is 7.07. The van der Waals surface area contributed by atoms with E-state index in [0.29, 0.717) is 30.0 Å². The summed E-state index contributed by atoms with van der Waals surface area (Å²) in [6, 6.07) is 31.0. The van der Waals surface area contributed by atoms with Crippen LogP contribution in [0, 0.1) is 0 Å². The molecule has 16 nitrogen and oxygen atoms in total. The number of nitrogens with two attached hydrogens (primary N) is 1. The lowest BCUT2D eigenvalue weighted by Crippen LogP contribution is -2.37. The monoisotopic (exact) mass is 862 g/mol. The Morgan fingerprint density at radius 1 is 0.629 bits per heavy atom. The minimum Gasteiger partial charge on any atom is -0.399 e. The van der Waals surface area contributed by atoms with Crippen LogP contribution < -0.4 is 26.2 Å². The highest BCUT2D eigenvalue weighted by molar-refractivity contribution is 7.80. The van der Waals surface area contributed by atoms with Crippen LogP contribution in [0.15, 0.2) is 139 Å². The molecule has 2 aliphatic rings. The first kappa shape index (κ1) is 41.5. The number of hydrogen-bond acceptors (Lipinski definition) is 14. The molecule has 6 aromatic heterocycles. The van der Waals surface area contributed by atoms with Crippen molar-refractivity contribution >= 4 is 80.1 Å². The summed E-state index contributed by atoms with van der Waals surface area (Å²) in [6.07, 6.45) is 10.6. The van der Waals surface area contributed by atoms with E-state index >= 15 is 0 Å². The van der Waals surface area contributed by atoms with Gasteiger partial charge in [-0.2, -0.15) is 4.99 Å². The van der Waals surface area contributed by atoms with E-state index in [1.165, 1.54) is 0 Å². The van der Waals surface area contributed by atoms with Crippen molar-refractivity contribution in [1.29, 1.82) is 0 Å².